The molecule has 0 N–H and O–H groups in total. The van der Waals surface area contributed by atoms with Crippen LogP contribution in [-0.4, -0.2) is 27.6 Å². The fourth-order valence-electron chi connectivity index (χ4n) is 2.27. The lowest BCUT2D eigenvalue weighted by Gasteiger charge is -2.20. The van der Waals surface area contributed by atoms with E-state index >= 15 is 0 Å². The average molecular weight is 401 g/mol. The minimum absolute atomic E-state index is 0.170. The highest BCUT2D eigenvalue weighted by Gasteiger charge is 2.22. The molecule has 2 aromatic rings. The zero-order chi connectivity index (χ0) is 18.3. The number of nitrogens with zero attached hydrogens (tertiary/aromatic N) is 3. The molecule has 0 amide bonds. The minimum atomic E-state index is -2.45. The van der Waals surface area contributed by atoms with Crippen molar-refractivity contribution in [3.8, 4) is 5.69 Å². The number of hydrogen-bond donors (Lipinski definition) is 0. The molecule has 0 aliphatic heterocycles. The van der Waals surface area contributed by atoms with Crippen LogP contribution in [0.4, 0.5) is 0 Å². The van der Waals surface area contributed by atoms with Crippen LogP contribution in [0.5, 0.6) is 0 Å². The first kappa shape index (κ1) is 20.4. The van der Waals surface area contributed by atoms with E-state index in [1.807, 2.05) is 44.2 Å². The highest BCUT2D eigenvalue weighted by molar-refractivity contribution is 8.67. The average Bonchev–Trinajstić information content (AvgIpc) is 2.91. The Morgan fingerprint density at radius 2 is 1.80 bits per heavy atom. The van der Waals surface area contributed by atoms with Crippen LogP contribution in [0.1, 0.15) is 33.0 Å². The molecule has 0 saturated heterocycles. The molecule has 0 radical (unpaired) electrons. The SMILES string of the molecule is CCCc1nn(-c2ccccc2)c(=O)n1CSP(=S)(OCC)OCC. The van der Waals surface area contributed by atoms with Crippen molar-refractivity contribution >= 4 is 28.9 Å². The summed E-state index contributed by atoms with van der Waals surface area (Å²) >= 11 is 6.92. The van der Waals surface area contributed by atoms with Gasteiger partial charge in [0.05, 0.1) is 24.8 Å². The maximum Gasteiger partial charge on any atom is 0.351 e. The quantitative estimate of drug-likeness (QED) is 0.562. The van der Waals surface area contributed by atoms with Crippen LogP contribution in [0.15, 0.2) is 35.1 Å². The van der Waals surface area contributed by atoms with E-state index in [1.54, 1.807) is 4.57 Å². The van der Waals surface area contributed by atoms with Crippen molar-refractivity contribution in [2.24, 2.45) is 0 Å². The van der Waals surface area contributed by atoms with E-state index < -0.39 is 5.69 Å². The third kappa shape index (κ3) is 5.28. The van der Waals surface area contributed by atoms with Gasteiger partial charge in [-0.3, -0.25) is 4.57 Å². The molecular weight excluding hydrogens is 377 g/mol. The van der Waals surface area contributed by atoms with Gasteiger partial charge in [0.2, 0.25) is 5.69 Å². The molecule has 1 aromatic heterocycles. The van der Waals surface area contributed by atoms with E-state index in [9.17, 15) is 4.79 Å². The molecule has 0 spiro atoms. The molecule has 0 unspecified atom stereocenters. The molecule has 6 nitrogen and oxygen atoms in total. The van der Waals surface area contributed by atoms with Gasteiger partial charge in [-0.15, -0.1) is 5.10 Å². The number of benzene rings is 1. The lowest BCUT2D eigenvalue weighted by atomic mass is 10.3. The summed E-state index contributed by atoms with van der Waals surface area (Å²) in [5, 5.41) is 4.51. The molecular formula is C16H24N3O3PS2. The van der Waals surface area contributed by atoms with Gasteiger partial charge in [0, 0.05) is 6.42 Å². The predicted molar refractivity (Wildman–Crippen MR) is 107 cm³/mol. The maximum absolute atomic E-state index is 12.8. The van der Waals surface area contributed by atoms with Crippen molar-refractivity contribution in [3.05, 3.63) is 46.6 Å². The Morgan fingerprint density at radius 3 is 2.36 bits per heavy atom. The Bertz CT molecular complexity index is 767. The summed E-state index contributed by atoms with van der Waals surface area (Å²) in [6, 6.07) is 9.42. The van der Waals surface area contributed by atoms with Crippen molar-refractivity contribution in [2.75, 3.05) is 13.2 Å². The molecule has 9 heteroatoms. The Hall–Kier alpha value is -0.920. The van der Waals surface area contributed by atoms with Gasteiger partial charge < -0.3 is 9.05 Å². The number of rotatable bonds is 10. The molecule has 0 atom stereocenters. The van der Waals surface area contributed by atoms with E-state index in [2.05, 4.69) is 12.0 Å². The van der Waals surface area contributed by atoms with Crippen LogP contribution in [0.3, 0.4) is 0 Å². The second-order valence-corrected chi connectivity index (χ2v) is 11.4. The van der Waals surface area contributed by atoms with Crippen LogP contribution in [0, 0.1) is 0 Å². The first-order valence-corrected chi connectivity index (χ1v) is 12.5. The smallest absolute Gasteiger partial charge is 0.322 e. The molecule has 1 heterocycles. The Kier molecular flexibility index (Phi) is 7.90. The second-order valence-electron chi connectivity index (χ2n) is 5.17. The Morgan fingerprint density at radius 1 is 1.16 bits per heavy atom. The Labute approximate surface area is 157 Å². The lowest BCUT2D eigenvalue weighted by molar-refractivity contribution is 0.280. The number of para-hydroxylation sites is 1. The third-order valence-corrected chi connectivity index (χ3v) is 8.68. The van der Waals surface area contributed by atoms with E-state index in [0.717, 1.165) is 24.4 Å². The van der Waals surface area contributed by atoms with Crippen molar-refractivity contribution < 1.29 is 9.05 Å². The van der Waals surface area contributed by atoms with Crippen molar-refractivity contribution in [3.63, 3.8) is 0 Å². The number of hydrogen-bond acceptors (Lipinski definition) is 6. The van der Waals surface area contributed by atoms with Crippen molar-refractivity contribution in [1.82, 2.24) is 14.3 Å². The van der Waals surface area contributed by atoms with Gasteiger partial charge in [0.1, 0.15) is 5.82 Å². The lowest BCUT2D eigenvalue weighted by Crippen LogP contribution is -2.23. The van der Waals surface area contributed by atoms with Crippen LogP contribution in [-0.2, 0) is 33.2 Å². The normalized spacial score (nSPS) is 11.8. The van der Waals surface area contributed by atoms with E-state index in [-0.39, 0.29) is 5.69 Å². The van der Waals surface area contributed by atoms with Gasteiger partial charge in [-0.1, -0.05) is 25.1 Å². The molecule has 25 heavy (non-hydrogen) atoms. The van der Waals surface area contributed by atoms with Crippen LogP contribution in [0.25, 0.3) is 5.69 Å². The highest BCUT2D eigenvalue weighted by Crippen LogP contribution is 2.61. The zero-order valence-electron chi connectivity index (χ0n) is 14.8. The van der Waals surface area contributed by atoms with Gasteiger partial charge >= 0.3 is 5.69 Å². The predicted octanol–water partition coefficient (Wildman–Crippen LogP) is 3.97. The summed E-state index contributed by atoms with van der Waals surface area (Å²) in [6.07, 6.45) is 1.63. The van der Waals surface area contributed by atoms with Gasteiger partial charge in [-0.25, -0.2) is 4.79 Å². The van der Waals surface area contributed by atoms with Crippen molar-refractivity contribution in [2.45, 2.75) is 39.5 Å². The van der Waals surface area contributed by atoms with Gasteiger partial charge in [-0.05, 0) is 55.6 Å². The maximum atomic E-state index is 12.8. The summed E-state index contributed by atoms with van der Waals surface area (Å²) in [5.74, 6) is 1.12. The summed E-state index contributed by atoms with van der Waals surface area (Å²) in [4.78, 5) is 12.8. The monoisotopic (exact) mass is 401 g/mol. The summed E-state index contributed by atoms with van der Waals surface area (Å²) in [5.41, 5.74) is -1.87. The molecule has 138 valence electrons. The largest absolute Gasteiger partial charge is 0.351 e. The van der Waals surface area contributed by atoms with Crippen LogP contribution >= 0.6 is 17.1 Å². The highest BCUT2D eigenvalue weighted by atomic mass is 32.9. The fourth-order valence-corrected chi connectivity index (χ4v) is 6.55. The first-order chi connectivity index (χ1) is 12.0. The molecule has 0 saturated carbocycles. The first-order valence-electron chi connectivity index (χ1n) is 8.32. The molecule has 0 fully saturated rings. The summed E-state index contributed by atoms with van der Waals surface area (Å²) in [7, 11) is 0. The van der Waals surface area contributed by atoms with E-state index in [1.165, 1.54) is 16.1 Å². The number of aromatic nitrogens is 3. The minimum Gasteiger partial charge on any atom is -0.322 e. The second kappa shape index (κ2) is 9.69. The van der Waals surface area contributed by atoms with Crippen LogP contribution in [0.2, 0.25) is 0 Å². The number of aryl methyl sites for hydroxylation is 1. The topological polar surface area (TPSA) is 58.3 Å². The molecule has 0 aliphatic rings. The third-order valence-electron chi connectivity index (χ3n) is 3.33. The van der Waals surface area contributed by atoms with Crippen molar-refractivity contribution in [1.29, 1.82) is 0 Å². The molecule has 0 aliphatic carbocycles. The van der Waals surface area contributed by atoms with Gasteiger partial charge in [0.15, 0.2) is 0 Å². The standard InChI is InChI=1S/C16H24N3O3PS2/c1-4-10-15-17-19(14-11-8-7-9-12-14)16(20)18(15)13-25-23(24,21-5-2)22-6-3/h7-9,11-12H,4-6,10,13H2,1-3H3. The van der Waals surface area contributed by atoms with Gasteiger partial charge in [-0.2, -0.15) is 4.68 Å². The fraction of sp³-hybridized carbons (Fsp3) is 0.500. The molecule has 1 aromatic carbocycles. The molecule has 0 bridgehead atoms. The Balaban J connectivity index is 2.32. The van der Waals surface area contributed by atoms with E-state index in [0.29, 0.717) is 19.1 Å². The summed E-state index contributed by atoms with van der Waals surface area (Å²) in [6.45, 7) is 6.83. The zero-order valence-corrected chi connectivity index (χ0v) is 17.3. The van der Waals surface area contributed by atoms with Gasteiger partial charge in [0.25, 0.3) is 0 Å². The summed E-state index contributed by atoms with van der Waals surface area (Å²) < 4.78 is 14.4. The molecule has 2 rings (SSSR count). The van der Waals surface area contributed by atoms with Crippen LogP contribution < -0.4 is 5.69 Å². The van der Waals surface area contributed by atoms with E-state index in [4.69, 9.17) is 20.9 Å².